The van der Waals surface area contributed by atoms with Gasteiger partial charge in [-0.2, -0.15) is 0 Å². The van der Waals surface area contributed by atoms with Gasteiger partial charge in [-0.15, -0.1) is 0 Å². The third-order valence-corrected chi connectivity index (χ3v) is 6.89. The highest BCUT2D eigenvalue weighted by Crippen LogP contribution is 2.74. The third kappa shape index (κ3) is 2.03. The number of aryl methyl sites for hydroxylation is 2. The molecule has 7 atom stereocenters. The molecule has 0 aliphatic heterocycles. The van der Waals surface area contributed by atoms with E-state index in [4.69, 9.17) is 0 Å². The maximum atomic E-state index is 11.6. The Morgan fingerprint density at radius 2 is 1.54 bits per heavy atom. The molecule has 6 N–H and O–H groups in total. The fourth-order valence-electron chi connectivity index (χ4n) is 5.56. The molecule has 3 fully saturated rings. The molecule has 6 nitrogen and oxygen atoms in total. The van der Waals surface area contributed by atoms with Crippen LogP contribution in [0.5, 0.6) is 0 Å². The Hall–Kier alpha value is -1.80. The lowest BCUT2D eigenvalue weighted by molar-refractivity contribution is -0.285. The van der Waals surface area contributed by atoms with Crippen LogP contribution >= 0.6 is 0 Å². The van der Waals surface area contributed by atoms with Gasteiger partial charge in [0.05, 0.1) is 18.4 Å². The molecular formula is C22H26O6. The SMILES string of the molecule is Cc1ccc(C2C3(O)C(c4ccccc4C)[C@@](O)([C@H]3O)[C@]2(O)[C@H](O)CO)cc1. The number of rotatable bonds is 4. The third-order valence-electron chi connectivity index (χ3n) is 6.89. The van der Waals surface area contributed by atoms with Crippen LogP contribution < -0.4 is 0 Å². The number of hydrogen-bond donors (Lipinski definition) is 6. The minimum atomic E-state index is -2.35. The molecule has 3 unspecified atom stereocenters. The monoisotopic (exact) mass is 386 g/mol. The van der Waals surface area contributed by atoms with Gasteiger partial charge in [0.1, 0.15) is 29.0 Å². The van der Waals surface area contributed by atoms with Crippen LogP contribution in [0.2, 0.25) is 0 Å². The molecule has 3 aliphatic carbocycles. The molecule has 150 valence electrons. The topological polar surface area (TPSA) is 121 Å². The van der Waals surface area contributed by atoms with Crippen LogP contribution in [0.4, 0.5) is 0 Å². The van der Waals surface area contributed by atoms with Crippen molar-refractivity contribution in [2.45, 2.75) is 54.7 Å². The first-order valence-electron chi connectivity index (χ1n) is 9.41. The molecule has 0 aromatic heterocycles. The van der Waals surface area contributed by atoms with Gasteiger partial charge in [-0.25, -0.2) is 0 Å². The van der Waals surface area contributed by atoms with Crippen molar-refractivity contribution in [3.8, 4) is 0 Å². The van der Waals surface area contributed by atoms with E-state index in [1.54, 1.807) is 36.4 Å². The summed E-state index contributed by atoms with van der Waals surface area (Å²) in [4.78, 5) is 0. The van der Waals surface area contributed by atoms with Gasteiger partial charge < -0.3 is 30.6 Å². The van der Waals surface area contributed by atoms with Gasteiger partial charge in [-0.3, -0.25) is 0 Å². The van der Waals surface area contributed by atoms with Crippen LogP contribution in [0, 0.1) is 13.8 Å². The summed E-state index contributed by atoms with van der Waals surface area (Å²) in [7, 11) is 0. The van der Waals surface area contributed by atoms with Crippen molar-refractivity contribution in [3.63, 3.8) is 0 Å². The predicted octanol–water partition coefficient (Wildman–Crippen LogP) is 0.105. The van der Waals surface area contributed by atoms with Gasteiger partial charge in [0.2, 0.25) is 0 Å². The number of aliphatic hydroxyl groups is 6. The summed E-state index contributed by atoms with van der Waals surface area (Å²) in [5.41, 5.74) is -3.71. The van der Waals surface area contributed by atoms with Crippen LogP contribution in [0.3, 0.4) is 0 Å². The highest BCUT2D eigenvalue weighted by molar-refractivity contribution is 5.55. The Balaban J connectivity index is 1.97. The minimum Gasteiger partial charge on any atom is -0.394 e. The molecule has 6 heteroatoms. The first-order chi connectivity index (χ1) is 13.1. The Kier molecular flexibility index (Phi) is 4.25. The molecule has 3 aliphatic rings. The summed E-state index contributed by atoms with van der Waals surface area (Å²) in [6, 6.07) is 14.1. The molecule has 2 aromatic carbocycles. The maximum Gasteiger partial charge on any atom is 0.135 e. The fraction of sp³-hybridized carbons (Fsp3) is 0.455. The summed E-state index contributed by atoms with van der Waals surface area (Å²) in [5.74, 6) is -2.24. The quantitative estimate of drug-likeness (QED) is 0.444. The van der Waals surface area contributed by atoms with Gasteiger partial charge in [0.25, 0.3) is 0 Å². The molecule has 28 heavy (non-hydrogen) atoms. The Bertz CT molecular complexity index is 898. The zero-order chi connectivity index (χ0) is 20.5. The molecule has 0 amide bonds. The van der Waals surface area contributed by atoms with E-state index in [0.29, 0.717) is 11.1 Å². The average molecular weight is 386 g/mol. The minimum absolute atomic E-state index is 0.467. The molecule has 0 radical (unpaired) electrons. The first-order valence-corrected chi connectivity index (χ1v) is 9.41. The van der Waals surface area contributed by atoms with Gasteiger partial charge in [0.15, 0.2) is 0 Å². The lowest BCUT2D eigenvalue weighted by Gasteiger charge is -2.56. The van der Waals surface area contributed by atoms with E-state index in [1.165, 1.54) is 0 Å². The molecule has 0 saturated heterocycles. The van der Waals surface area contributed by atoms with Crippen molar-refractivity contribution in [3.05, 3.63) is 70.8 Å². The molecule has 2 aromatic rings. The van der Waals surface area contributed by atoms with Crippen LogP contribution in [-0.2, 0) is 0 Å². The summed E-state index contributed by atoms with van der Waals surface area (Å²) in [5, 5.41) is 65.7. The zero-order valence-electron chi connectivity index (χ0n) is 15.8. The Morgan fingerprint density at radius 1 is 0.929 bits per heavy atom. The van der Waals surface area contributed by atoms with Gasteiger partial charge in [-0.1, -0.05) is 54.1 Å². The van der Waals surface area contributed by atoms with Crippen molar-refractivity contribution in [1.29, 1.82) is 0 Å². The summed E-state index contributed by atoms with van der Waals surface area (Å²) in [6.45, 7) is 2.87. The van der Waals surface area contributed by atoms with Crippen LogP contribution in [0.1, 0.15) is 34.1 Å². The normalized spacial score (nSPS) is 40.2. The second-order valence-electron chi connectivity index (χ2n) is 8.27. The molecule has 3 saturated carbocycles. The van der Waals surface area contributed by atoms with Gasteiger partial charge in [0, 0.05) is 0 Å². The van der Waals surface area contributed by atoms with E-state index in [0.717, 1.165) is 11.1 Å². The van der Waals surface area contributed by atoms with E-state index in [-0.39, 0.29) is 0 Å². The number of benzene rings is 2. The van der Waals surface area contributed by atoms with Crippen LogP contribution in [0.15, 0.2) is 48.5 Å². The van der Waals surface area contributed by atoms with Crippen LogP contribution in [0.25, 0.3) is 0 Å². The molecule has 2 bridgehead atoms. The highest BCUT2D eigenvalue weighted by Gasteiger charge is 2.91. The second-order valence-corrected chi connectivity index (χ2v) is 8.27. The lowest BCUT2D eigenvalue weighted by atomic mass is 9.56. The number of hydrogen-bond acceptors (Lipinski definition) is 6. The number of fused-ring (bicyclic) bond motifs is 1. The second kappa shape index (κ2) is 6.10. The van der Waals surface area contributed by atoms with E-state index in [1.807, 2.05) is 26.0 Å². The van der Waals surface area contributed by atoms with E-state index in [9.17, 15) is 30.6 Å². The molecular weight excluding hydrogens is 360 g/mol. The molecule has 5 rings (SSSR count). The summed E-state index contributed by atoms with van der Waals surface area (Å²) < 4.78 is 0. The first kappa shape index (κ1) is 19.5. The van der Waals surface area contributed by atoms with E-state index in [2.05, 4.69) is 0 Å². The largest absolute Gasteiger partial charge is 0.394 e. The maximum absolute atomic E-state index is 11.6. The van der Waals surface area contributed by atoms with E-state index >= 15 is 0 Å². The lowest BCUT2D eigenvalue weighted by Crippen LogP contribution is -2.75. The smallest absolute Gasteiger partial charge is 0.135 e. The highest BCUT2D eigenvalue weighted by atomic mass is 16.4. The fourth-order valence-corrected chi connectivity index (χ4v) is 5.56. The zero-order valence-corrected chi connectivity index (χ0v) is 15.8. The van der Waals surface area contributed by atoms with Crippen molar-refractivity contribution in [2.24, 2.45) is 0 Å². The van der Waals surface area contributed by atoms with Gasteiger partial charge in [-0.05, 0) is 30.5 Å². The van der Waals surface area contributed by atoms with Crippen molar-refractivity contribution in [2.75, 3.05) is 6.61 Å². The predicted molar refractivity (Wildman–Crippen MR) is 102 cm³/mol. The van der Waals surface area contributed by atoms with Crippen molar-refractivity contribution >= 4 is 0 Å². The number of aliphatic hydroxyl groups excluding tert-OH is 3. The molecule has 0 heterocycles. The Labute approximate surface area is 163 Å². The van der Waals surface area contributed by atoms with E-state index < -0.39 is 47.5 Å². The van der Waals surface area contributed by atoms with Crippen molar-refractivity contribution < 1.29 is 30.6 Å². The van der Waals surface area contributed by atoms with Crippen molar-refractivity contribution in [1.82, 2.24) is 0 Å². The average Bonchev–Trinajstić information content (AvgIpc) is 2.94. The Morgan fingerprint density at radius 3 is 2.11 bits per heavy atom. The standard InChI is InChI=1S/C22H26O6/c1-12-7-9-14(10-8-12)17-20(26)18(15-6-4-3-5-13(15)2)22(28,19(20)25)21(17,27)16(24)11-23/h3-10,16-19,23-28H,11H2,1-2H3/t16-,17?,18?,19+,20?,21+,22-/m1/s1. The molecule has 0 spiro atoms. The van der Waals surface area contributed by atoms with Gasteiger partial charge >= 0.3 is 0 Å². The summed E-state index contributed by atoms with van der Waals surface area (Å²) >= 11 is 0. The van der Waals surface area contributed by atoms with Crippen LogP contribution in [-0.4, -0.2) is 66.3 Å². The summed E-state index contributed by atoms with van der Waals surface area (Å²) in [6.07, 6.45) is -3.45.